The molecule has 1 atom stereocenters. The molecule has 1 fully saturated rings. The number of carbonyl (C=O) groups excluding carboxylic acids is 2. The molecule has 1 heterocycles. The molecule has 1 unspecified atom stereocenters. The summed E-state index contributed by atoms with van der Waals surface area (Å²) in [4.78, 5) is 25.7. The summed E-state index contributed by atoms with van der Waals surface area (Å²) >= 11 is 0. The summed E-state index contributed by atoms with van der Waals surface area (Å²) in [5.74, 6) is -0.115. The van der Waals surface area contributed by atoms with Gasteiger partial charge in [-0.25, -0.2) is 4.79 Å². The Bertz CT molecular complexity index is 550. The normalized spacial score (nSPS) is 15.0. The van der Waals surface area contributed by atoms with Gasteiger partial charge in [-0.3, -0.25) is 9.69 Å². The lowest BCUT2D eigenvalue weighted by molar-refractivity contribution is 0.0950. The minimum Gasteiger partial charge on any atom is -0.350 e. The molecule has 3 amide bonds. The van der Waals surface area contributed by atoms with E-state index in [1.54, 1.807) is 11.0 Å². The predicted octanol–water partition coefficient (Wildman–Crippen LogP) is 1.28. The van der Waals surface area contributed by atoms with Gasteiger partial charge in [0.1, 0.15) is 0 Å². The van der Waals surface area contributed by atoms with Crippen molar-refractivity contribution in [2.45, 2.75) is 19.9 Å². The largest absolute Gasteiger partial charge is 0.350 e. The molecule has 0 spiro atoms. The van der Waals surface area contributed by atoms with Gasteiger partial charge in [0.15, 0.2) is 0 Å². The van der Waals surface area contributed by atoms with Crippen LogP contribution in [0.1, 0.15) is 22.8 Å². The maximum absolute atomic E-state index is 12.3. The Kier molecular flexibility index (Phi) is 6.64. The fourth-order valence-corrected chi connectivity index (χ4v) is 2.31. The number of nitrogens with one attached hydrogen (secondary N) is 3. The Morgan fingerprint density at radius 2 is 2.18 bits per heavy atom. The standard InChI is InChI=1S/C15H22N4O2.ClH/c1-10(16-3)9-18-14(20)12-5-4-6-13(11(12)2)19-8-7-17-15(19)21;/h4-6,10,16H,7-9H2,1-3H3,(H,17,21)(H,18,20);1H. The number of likely N-dealkylation sites (N-methyl/N-ethyl adjacent to an activating group) is 1. The van der Waals surface area contributed by atoms with E-state index in [-0.39, 0.29) is 30.4 Å². The van der Waals surface area contributed by atoms with E-state index < -0.39 is 0 Å². The second kappa shape index (κ2) is 8.00. The average molecular weight is 327 g/mol. The van der Waals surface area contributed by atoms with Gasteiger partial charge in [0.05, 0.1) is 0 Å². The molecule has 0 aromatic heterocycles. The topological polar surface area (TPSA) is 73.5 Å². The van der Waals surface area contributed by atoms with Gasteiger partial charge in [0.2, 0.25) is 0 Å². The molecule has 0 bridgehead atoms. The van der Waals surface area contributed by atoms with Gasteiger partial charge in [-0.2, -0.15) is 0 Å². The summed E-state index contributed by atoms with van der Waals surface area (Å²) < 4.78 is 0. The van der Waals surface area contributed by atoms with Crippen molar-refractivity contribution in [1.82, 2.24) is 16.0 Å². The van der Waals surface area contributed by atoms with E-state index in [0.29, 0.717) is 25.2 Å². The Morgan fingerprint density at radius 3 is 2.77 bits per heavy atom. The van der Waals surface area contributed by atoms with Crippen LogP contribution in [0.5, 0.6) is 0 Å². The third-order valence-corrected chi connectivity index (χ3v) is 3.76. The number of urea groups is 1. The summed E-state index contributed by atoms with van der Waals surface area (Å²) in [5.41, 5.74) is 2.22. The lowest BCUT2D eigenvalue weighted by Gasteiger charge is -2.19. The van der Waals surface area contributed by atoms with Crippen LogP contribution in [-0.2, 0) is 0 Å². The SMILES string of the molecule is CNC(C)CNC(=O)c1cccc(N2CCNC2=O)c1C.Cl. The van der Waals surface area contributed by atoms with Crippen LogP contribution in [0.4, 0.5) is 10.5 Å². The minimum atomic E-state index is -0.115. The lowest BCUT2D eigenvalue weighted by atomic mass is 10.1. The van der Waals surface area contributed by atoms with Gasteiger partial charge in [-0.05, 0) is 38.6 Å². The smallest absolute Gasteiger partial charge is 0.322 e. The van der Waals surface area contributed by atoms with Gasteiger partial charge >= 0.3 is 6.03 Å². The molecule has 0 radical (unpaired) electrons. The van der Waals surface area contributed by atoms with E-state index in [2.05, 4.69) is 16.0 Å². The van der Waals surface area contributed by atoms with Crippen LogP contribution in [0.3, 0.4) is 0 Å². The van der Waals surface area contributed by atoms with Crippen molar-refractivity contribution in [3.8, 4) is 0 Å². The van der Waals surface area contributed by atoms with E-state index in [1.165, 1.54) is 0 Å². The third-order valence-electron chi connectivity index (χ3n) is 3.76. The van der Waals surface area contributed by atoms with Gasteiger partial charge in [0.25, 0.3) is 5.91 Å². The van der Waals surface area contributed by atoms with Crippen LogP contribution in [0, 0.1) is 6.92 Å². The fraction of sp³-hybridized carbons (Fsp3) is 0.467. The van der Waals surface area contributed by atoms with Crippen molar-refractivity contribution < 1.29 is 9.59 Å². The Balaban J connectivity index is 0.00000242. The molecule has 1 aromatic carbocycles. The Labute approximate surface area is 137 Å². The van der Waals surface area contributed by atoms with Crippen molar-refractivity contribution >= 4 is 30.0 Å². The second-order valence-electron chi connectivity index (χ2n) is 5.23. The lowest BCUT2D eigenvalue weighted by Crippen LogP contribution is -2.37. The molecule has 1 saturated heterocycles. The van der Waals surface area contributed by atoms with Crippen LogP contribution in [0.2, 0.25) is 0 Å². The first-order chi connectivity index (χ1) is 10.0. The van der Waals surface area contributed by atoms with E-state index in [0.717, 1.165) is 11.3 Å². The maximum Gasteiger partial charge on any atom is 0.322 e. The number of anilines is 1. The molecule has 1 aliphatic heterocycles. The molecule has 1 aromatic rings. The number of benzene rings is 1. The second-order valence-corrected chi connectivity index (χ2v) is 5.23. The molecule has 3 N–H and O–H groups in total. The van der Waals surface area contributed by atoms with Gasteiger partial charge in [0, 0.05) is 36.9 Å². The quantitative estimate of drug-likeness (QED) is 0.763. The summed E-state index contributed by atoms with van der Waals surface area (Å²) in [6, 6.07) is 5.56. The van der Waals surface area contributed by atoms with Gasteiger partial charge < -0.3 is 16.0 Å². The number of rotatable bonds is 5. The summed E-state index contributed by atoms with van der Waals surface area (Å²) in [6.45, 7) is 5.69. The molecule has 6 nitrogen and oxygen atoms in total. The van der Waals surface area contributed by atoms with Crippen molar-refractivity contribution in [3.05, 3.63) is 29.3 Å². The average Bonchev–Trinajstić information content (AvgIpc) is 2.90. The van der Waals surface area contributed by atoms with E-state index in [4.69, 9.17) is 0 Å². The Hall–Kier alpha value is -1.79. The van der Waals surface area contributed by atoms with E-state index >= 15 is 0 Å². The molecule has 22 heavy (non-hydrogen) atoms. The van der Waals surface area contributed by atoms with E-state index in [1.807, 2.05) is 33.0 Å². The van der Waals surface area contributed by atoms with E-state index in [9.17, 15) is 9.59 Å². The molecule has 122 valence electrons. The number of hydrogen-bond acceptors (Lipinski definition) is 3. The summed E-state index contributed by atoms with van der Waals surface area (Å²) in [6.07, 6.45) is 0. The Morgan fingerprint density at radius 1 is 1.45 bits per heavy atom. The third kappa shape index (κ3) is 3.90. The predicted molar refractivity (Wildman–Crippen MR) is 90.0 cm³/mol. The van der Waals surface area contributed by atoms with Crippen LogP contribution >= 0.6 is 12.4 Å². The van der Waals surface area contributed by atoms with Crippen LogP contribution < -0.4 is 20.9 Å². The number of hydrogen-bond donors (Lipinski definition) is 3. The highest BCUT2D eigenvalue weighted by molar-refractivity contribution is 6.00. The highest BCUT2D eigenvalue weighted by atomic mass is 35.5. The zero-order chi connectivity index (χ0) is 15.4. The number of halogens is 1. The zero-order valence-electron chi connectivity index (χ0n) is 13.1. The molecule has 0 saturated carbocycles. The minimum absolute atomic E-state index is 0. The van der Waals surface area contributed by atoms with Crippen LogP contribution in [-0.4, -0.2) is 44.7 Å². The molecule has 0 aliphatic carbocycles. The first-order valence-electron chi connectivity index (χ1n) is 7.15. The molecular formula is C15H23ClN4O2. The maximum atomic E-state index is 12.3. The van der Waals surface area contributed by atoms with Crippen LogP contribution in [0.25, 0.3) is 0 Å². The van der Waals surface area contributed by atoms with Crippen molar-refractivity contribution in [2.24, 2.45) is 0 Å². The van der Waals surface area contributed by atoms with Crippen LogP contribution in [0.15, 0.2) is 18.2 Å². The van der Waals surface area contributed by atoms with Gasteiger partial charge in [-0.15, -0.1) is 12.4 Å². The number of carbonyl (C=O) groups is 2. The molecular weight excluding hydrogens is 304 g/mol. The van der Waals surface area contributed by atoms with Crippen molar-refractivity contribution in [1.29, 1.82) is 0 Å². The first-order valence-corrected chi connectivity index (χ1v) is 7.15. The summed E-state index contributed by atoms with van der Waals surface area (Å²) in [5, 5.41) is 8.74. The van der Waals surface area contributed by atoms with Crippen molar-refractivity contribution in [3.63, 3.8) is 0 Å². The molecule has 2 rings (SSSR count). The summed E-state index contributed by atoms with van der Waals surface area (Å²) in [7, 11) is 1.86. The monoisotopic (exact) mass is 326 g/mol. The highest BCUT2D eigenvalue weighted by Gasteiger charge is 2.24. The molecule has 7 heteroatoms. The van der Waals surface area contributed by atoms with Gasteiger partial charge in [-0.1, -0.05) is 6.07 Å². The highest BCUT2D eigenvalue weighted by Crippen LogP contribution is 2.24. The molecule has 1 aliphatic rings. The first kappa shape index (κ1) is 18.3. The zero-order valence-corrected chi connectivity index (χ0v) is 13.9. The number of nitrogens with zero attached hydrogens (tertiary/aromatic N) is 1. The van der Waals surface area contributed by atoms with Crippen molar-refractivity contribution in [2.75, 3.05) is 31.6 Å². The fourth-order valence-electron chi connectivity index (χ4n) is 2.31. The number of amides is 3.